The Hall–Kier alpha value is -0.870. The summed E-state index contributed by atoms with van der Waals surface area (Å²) >= 11 is 0. The molecule has 0 aromatic carbocycles. The van der Waals surface area contributed by atoms with Crippen LogP contribution < -0.4 is 5.32 Å². The van der Waals surface area contributed by atoms with Gasteiger partial charge in [0.2, 0.25) is 0 Å². The third-order valence-corrected chi connectivity index (χ3v) is 2.51. The van der Waals surface area contributed by atoms with Crippen molar-refractivity contribution in [2.24, 2.45) is 7.05 Å². The van der Waals surface area contributed by atoms with E-state index in [2.05, 4.69) is 42.5 Å². The van der Waals surface area contributed by atoms with Gasteiger partial charge in [-0.1, -0.05) is 6.92 Å². The molecule has 92 valence electrons. The van der Waals surface area contributed by atoms with Gasteiger partial charge in [0.05, 0.1) is 6.20 Å². The molecule has 0 saturated carbocycles. The van der Waals surface area contributed by atoms with Crippen molar-refractivity contribution in [3.8, 4) is 0 Å². The van der Waals surface area contributed by atoms with E-state index >= 15 is 0 Å². The molecule has 0 aliphatic rings. The average molecular weight is 224 g/mol. The van der Waals surface area contributed by atoms with E-state index in [0.29, 0.717) is 6.04 Å². The van der Waals surface area contributed by atoms with Gasteiger partial charge in [-0.05, 0) is 39.0 Å². The molecule has 4 heteroatoms. The van der Waals surface area contributed by atoms with E-state index in [-0.39, 0.29) is 0 Å². The molecule has 1 N–H and O–H groups in total. The highest BCUT2D eigenvalue weighted by Gasteiger charge is 2.10. The number of aromatic nitrogens is 2. The van der Waals surface area contributed by atoms with Gasteiger partial charge >= 0.3 is 0 Å². The summed E-state index contributed by atoms with van der Waals surface area (Å²) in [4.78, 5) is 2.23. The molecule has 0 spiro atoms. The molecule has 0 amide bonds. The predicted octanol–water partition coefficient (Wildman–Crippen LogP) is 0.892. The monoisotopic (exact) mass is 224 g/mol. The highest BCUT2D eigenvalue weighted by Crippen LogP contribution is 2.02. The fourth-order valence-corrected chi connectivity index (χ4v) is 1.85. The molecule has 0 fully saturated rings. The first-order valence-corrected chi connectivity index (χ1v) is 5.97. The van der Waals surface area contributed by atoms with Crippen LogP contribution in [0, 0.1) is 0 Å². The van der Waals surface area contributed by atoms with E-state index < -0.39 is 0 Å². The van der Waals surface area contributed by atoms with Gasteiger partial charge in [0, 0.05) is 25.8 Å². The lowest BCUT2D eigenvalue weighted by Gasteiger charge is -2.21. The minimum atomic E-state index is 0.513. The average Bonchev–Trinajstić information content (AvgIpc) is 2.59. The number of hydrogen-bond acceptors (Lipinski definition) is 3. The number of aryl methyl sites for hydroxylation is 1. The summed E-state index contributed by atoms with van der Waals surface area (Å²) in [5, 5.41) is 7.78. The summed E-state index contributed by atoms with van der Waals surface area (Å²) in [7, 11) is 6.19. The van der Waals surface area contributed by atoms with Gasteiger partial charge in [-0.15, -0.1) is 0 Å². The molecule has 16 heavy (non-hydrogen) atoms. The molecule has 1 rings (SSSR count). The van der Waals surface area contributed by atoms with Crippen molar-refractivity contribution in [2.45, 2.75) is 25.8 Å². The minimum Gasteiger partial charge on any atom is -0.312 e. The van der Waals surface area contributed by atoms with E-state index in [4.69, 9.17) is 0 Å². The van der Waals surface area contributed by atoms with E-state index in [0.717, 1.165) is 19.5 Å². The van der Waals surface area contributed by atoms with Crippen molar-refractivity contribution in [1.29, 1.82) is 0 Å². The van der Waals surface area contributed by atoms with E-state index in [9.17, 15) is 0 Å². The summed E-state index contributed by atoms with van der Waals surface area (Å²) in [5.41, 5.74) is 1.30. The van der Waals surface area contributed by atoms with Gasteiger partial charge in [0.1, 0.15) is 0 Å². The molecule has 0 aliphatic heterocycles. The summed E-state index contributed by atoms with van der Waals surface area (Å²) in [6.07, 6.45) is 6.27. The number of likely N-dealkylation sites (N-methyl/N-ethyl adjacent to an activating group) is 1. The van der Waals surface area contributed by atoms with Crippen LogP contribution in [0.3, 0.4) is 0 Å². The summed E-state index contributed by atoms with van der Waals surface area (Å²) in [6, 6.07) is 0.513. The van der Waals surface area contributed by atoms with Gasteiger partial charge in [-0.2, -0.15) is 5.10 Å². The van der Waals surface area contributed by atoms with Crippen LogP contribution in [0.4, 0.5) is 0 Å². The van der Waals surface area contributed by atoms with Crippen LogP contribution in [0.5, 0.6) is 0 Å². The van der Waals surface area contributed by atoms with Gasteiger partial charge in [-0.25, -0.2) is 0 Å². The Kier molecular flexibility index (Phi) is 5.49. The molecule has 1 atom stereocenters. The maximum atomic E-state index is 4.20. The van der Waals surface area contributed by atoms with Gasteiger partial charge in [0.25, 0.3) is 0 Å². The number of nitrogens with one attached hydrogen (secondary N) is 1. The number of hydrogen-bond donors (Lipinski definition) is 1. The Balaban J connectivity index is 2.48. The van der Waals surface area contributed by atoms with Crippen LogP contribution in [0.25, 0.3) is 0 Å². The molecule has 0 aliphatic carbocycles. The van der Waals surface area contributed by atoms with Crippen LogP contribution in [-0.4, -0.2) is 47.9 Å². The molecule has 0 bridgehead atoms. The number of rotatable bonds is 7. The predicted molar refractivity (Wildman–Crippen MR) is 67.5 cm³/mol. The normalized spacial score (nSPS) is 13.3. The molecular weight excluding hydrogens is 200 g/mol. The van der Waals surface area contributed by atoms with Crippen LogP contribution in [0.2, 0.25) is 0 Å². The first kappa shape index (κ1) is 13.2. The smallest absolute Gasteiger partial charge is 0.0522 e. The van der Waals surface area contributed by atoms with E-state index in [1.807, 2.05) is 17.9 Å². The first-order valence-electron chi connectivity index (χ1n) is 5.97. The van der Waals surface area contributed by atoms with E-state index in [1.54, 1.807) is 0 Å². The molecule has 1 aromatic rings. The largest absolute Gasteiger partial charge is 0.312 e. The van der Waals surface area contributed by atoms with Gasteiger partial charge in [0.15, 0.2) is 0 Å². The first-order chi connectivity index (χ1) is 7.61. The summed E-state index contributed by atoms with van der Waals surface area (Å²) in [5.74, 6) is 0. The zero-order valence-corrected chi connectivity index (χ0v) is 10.9. The fraction of sp³-hybridized carbons (Fsp3) is 0.750. The second kappa shape index (κ2) is 6.66. The molecule has 1 heterocycles. The Morgan fingerprint density at radius 3 is 2.75 bits per heavy atom. The lowest BCUT2D eigenvalue weighted by atomic mass is 10.1. The van der Waals surface area contributed by atoms with Crippen LogP contribution >= 0.6 is 0 Å². The highest BCUT2D eigenvalue weighted by molar-refractivity contribution is 5.06. The lowest BCUT2D eigenvalue weighted by molar-refractivity contribution is 0.336. The van der Waals surface area contributed by atoms with Crippen LogP contribution in [0.15, 0.2) is 12.4 Å². The van der Waals surface area contributed by atoms with E-state index in [1.165, 1.54) is 12.0 Å². The van der Waals surface area contributed by atoms with Gasteiger partial charge < -0.3 is 10.2 Å². The van der Waals surface area contributed by atoms with Crippen LogP contribution in [0.1, 0.15) is 18.9 Å². The number of nitrogens with zero attached hydrogens (tertiary/aromatic N) is 3. The second-order valence-electron chi connectivity index (χ2n) is 4.64. The minimum absolute atomic E-state index is 0.513. The zero-order chi connectivity index (χ0) is 12.0. The van der Waals surface area contributed by atoms with Gasteiger partial charge in [-0.3, -0.25) is 4.68 Å². The topological polar surface area (TPSA) is 33.1 Å². The summed E-state index contributed by atoms with van der Waals surface area (Å²) in [6.45, 7) is 4.34. The fourth-order valence-electron chi connectivity index (χ4n) is 1.85. The van der Waals surface area contributed by atoms with Crippen molar-refractivity contribution < 1.29 is 0 Å². The Bertz CT molecular complexity index is 293. The SMILES string of the molecule is CCCNC(Cc1cnn(C)c1)CN(C)C. The summed E-state index contributed by atoms with van der Waals surface area (Å²) < 4.78 is 1.86. The maximum absolute atomic E-state index is 4.20. The third kappa shape index (κ3) is 4.77. The highest BCUT2D eigenvalue weighted by atomic mass is 15.2. The quantitative estimate of drug-likeness (QED) is 0.747. The Labute approximate surface area is 98.6 Å². The molecule has 4 nitrogen and oxygen atoms in total. The lowest BCUT2D eigenvalue weighted by Crippen LogP contribution is -2.40. The zero-order valence-electron chi connectivity index (χ0n) is 10.9. The Morgan fingerprint density at radius 1 is 1.50 bits per heavy atom. The van der Waals surface area contributed by atoms with Crippen molar-refractivity contribution >= 4 is 0 Å². The van der Waals surface area contributed by atoms with Crippen LogP contribution in [-0.2, 0) is 13.5 Å². The molecule has 0 saturated heterocycles. The van der Waals surface area contributed by atoms with Crippen molar-refractivity contribution in [2.75, 3.05) is 27.2 Å². The van der Waals surface area contributed by atoms with Crippen molar-refractivity contribution in [3.63, 3.8) is 0 Å². The molecule has 1 unspecified atom stereocenters. The van der Waals surface area contributed by atoms with Crippen molar-refractivity contribution in [3.05, 3.63) is 18.0 Å². The standard InChI is InChI=1S/C12H24N4/c1-5-6-13-12(10-15(2)3)7-11-8-14-16(4)9-11/h8-9,12-13H,5-7,10H2,1-4H3. The molecular formula is C12H24N4. The third-order valence-electron chi connectivity index (χ3n) is 2.51. The second-order valence-corrected chi connectivity index (χ2v) is 4.64. The molecule has 0 radical (unpaired) electrons. The Morgan fingerprint density at radius 2 is 2.25 bits per heavy atom. The maximum Gasteiger partial charge on any atom is 0.0522 e. The van der Waals surface area contributed by atoms with Crippen molar-refractivity contribution in [1.82, 2.24) is 20.0 Å². The molecule has 1 aromatic heterocycles.